The molecule has 6 nitrogen and oxygen atoms in total. The van der Waals surface area contributed by atoms with E-state index in [1.54, 1.807) is 13.8 Å². The highest BCUT2D eigenvalue weighted by atomic mass is 16.5. The van der Waals surface area contributed by atoms with E-state index >= 15 is 0 Å². The van der Waals surface area contributed by atoms with Crippen molar-refractivity contribution in [3.05, 3.63) is 0 Å². The monoisotopic (exact) mass is 270 g/mol. The van der Waals surface area contributed by atoms with Gasteiger partial charge in [0, 0.05) is 13.5 Å². The average Bonchev–Trinajstić information content (AvgIpc) is 2.37. The number of carbonyl (C=O) groups excluding carboxylic acids is 3. The minimum absolute atomic E-state index is 0.229. The fourth-order valence-electron chi connectivity index (χ4n) is 2.29. The lowest BCUT2D eigenvalue weighted by atomic mass is 10.0. The van der Waals surface area contributed by atoms with Crippen molar-refractivity contribution in [2.75, 3.05) is 13.2 Å². The summed E-state index contributed by atoms with van der Waals surface area (Å²) in [4.78, 5) is 36.6. The number of esters is 1. The van der Waals surface area contributed by atoms with Crippen molar-refractivity contribution in [1.29, 1.82) is 0 Å². The lowest BCUT2D eigenvalue weighted by Crippen LogP contribution is -2.54. The number of piperidine rings is 1. The van der Waals surface area contributed by atoms with Gasteiger partial charge in [0.25, 0.3) is 0 Å². The molecule has 0 aromatic heterocycles. The highest BCUT2D eigenvalue weighted by Crippen LogP contribution is 2.19. The van der Waals surface area contributed by atoms with Gasteiger partial charge in [-0.25, -0.2) is 4.79 Å². The van der Waals surface area contributed by atoms with Gasteiger partial charge in [0.1, 0.15) is 12.1 Å². The van der Waals surface area contributed by atoms with Crippen LogP contribution in [0, 0.1) is 0 Å². The van der Waals surface area contributed by atoms with Gasteiger partial charge in [0.05, 0.1) is 6.61 Å². The molecule has 0 bridgehead atoms. The van der Waals surface area contributed by atoms with Gasteiger partial charge >= 0.3 is 5.97 Å². The summed E-state index contributed by atoms with van der Waals surface area (Å²) in [5.74, 6) is -0.843. The van der Waals surface area contributed by atoms with Crippen molar-refractivity contribution in [2.45, 2.75) is 52.1 Å². The predicted molar refractivity (Wildman–Crippen MR) is 69.3 cm³/mol. The zero-order valence-corrected chi connectivity index (χ0v) is 11.8. The number of amides is 2. The van der Waals surface area contributed by atoms with E-state index in [2.05, 4.69) is 5.32 Å². The number of carbonyl (C=O) groups is 3. The molecule has 0 aromatic carbocycles. The van der Waals surface area contributed by atoms with E-state index in [1.165, 1.54) is 11.8 Å². The summed E-state index contributed by atoms with van der Waals surface area (Å²) in [6.07, 6.45) is 2.40. The first-order chi connectivity index (χ1) is 8.97. The molecule has 0 aliphatic carbocycles. The molecule has 2 atom stereocenters. The van der Waals surface area contributed by atoms with Crippen molar-refractivity contribution in [3.8, 4) is 0 Å². The summed E-state index contributed by atoms with van der Waals surface area (Å²) in [6, 6.07) is -1.13. The Morgan fingerprint density at radius 2 is 2.05 bits per heavy atom. The van der Waals surface area contributed by atoms with E-state index < -0.39 is 12.1 Å². The standard InChI is InChI=1S/C13H22N2O4/c1-4-19-13(18)11-7-5-6-8-15(11)12(17)9(2)14-10(3)16/h9,11H,4-8H2,1-3H3,(H,14,16). The number of ether oxygens (including phenoxy) is 1. The maximum atomic E-state index is 12.3. The van der Waals surface area contributed by atoms with E-state index in [4.69, 9.17) is 4.74 Å². The second-order valence-corrected chi connectivity index (χ2v) is 4.72. The fourth-order valence-corrected chi connectivity index (χ4v) is 2.29. The van der Waals surface area contributed by atoms with Crippen LogP contribution < -0.4 is 5.32 Å². The van der Waals surface area contributed by atoms with Crippen LogP contribution >= 0.6 is 0 Å². The van der Waals surface area contributed by atoms with Crippen molar-refractivity contribution in [2.24, 2.45) is 0 Å². The maximum Gasteiger partial charge on any atom is 0.328 e. The minimum atomic E-state index is -0.618. The number of rotatable bonds is 4. The number of nitrogens with zero attached hydrogens (tertiary/aromatic N) is 1. The highest BCUT2D eigenvalue weighted by molar-refractivity contribution is 5.90. The van der Waals surface area contributed by atoms with Crippen LogP contribution in [0.25, 0.3) is 0 Å². The molecule has 1 fully saturated rings. The van der Waals surface area contributed by atoms with E-state index in [0.29, 0.717) is 19.6 Å². The Morgan fingerprint density at radius 3 is 2.63 bits per heavy atom. The smallest absolute Gasteiger partial charge is 0.328 e. The van der Waals surface area contributed by atoms with E-state index in [1.807, 2.05) is 0 Å². The molecule has 1 aliphatic heterocycles. The van der Waals surface area contributed by atoms with Gasteiger partial charge in [-0.2, -0.15) is 0 Å². The molecular weight excluding hydrogens is 248 g/mol. The first-order valence-electron chi connectivity index (χ1n) is 6.71. The lowest BCUT2D eigenvalue weighted by molar-refractivity contribution is -0.157. The Balaban J connectivity index is 2.73. The van der Waals surface area contributed by atoms with Gasteiger partial charge in [-0.05, 0) is 33.1 Å². The van der Waals surface area contributed by atoms with Crippen molar-refractivity contribution >= 4 is 17.8 Å². The van der Waals surface area contributed by atoms with E-state index in [0.717, 1.165) is 12.8 Å². The topological polar surface area (TPSA) is 75.7 Å². The van der Waals surface area contributed by atoms with E-state index in [9.17, 15) is 14.4 Å². The predicted octanol–water partition coefficient (Wildman–Crippen LogP) is 0.455. The first kappa shape index (κ1) is 15.5. The highest BCUT2D eigenvalue weighted by Gasteiger charge is 2.35. The van der Waals surface area contributed by atoms with Crippen LogP contribution in [0.2, 0.25) is 0 Å². The van der Waals surface area contributed by atoms with Crippen molar-refractivity contribution in [3.63, 3.8) is 0 Å². The fraction of sp³-hybridized carbons (Fsp3) is 0.769. The molecule has 0 saturated carbocycles. The van der Waals surface area contributed by atoms with Gasteiger partial charge in [0.15, 0.2) is 0 Å². The van der Waals surface area contributed by atoms with Crippen LogP contribution in [-0.2, 0) is 19.1 Å². The van der Waals surface area contributed by atoms with Crippen LogP contribution in [0.15, 0.2) is 0 Å². The molecular formula is C13H22N2O4. The van der Waals surface area contributed by atoms with Crippen molar-refractivity contribution < 1.29 is 19.1 Å². The third-order valence-electron chi connectivity index (χ3n) is 3.13. The zero-order chi connectivity index (χ0) is 14.4. The second-order valence-electron chi connectivity index (χ2n) is 4.72. The SMILES string of the molecule is CCOC(=O)C1CCCCN1C(=O)C(C)NC(C)=O. The molecule has 1 N–H and O–H groups in total. The van der Waals surface area contributed by atoms with Gasteiger partial charge < -0.3 is 15.0 Å². The van der Waals surface area contributed by atoms with Crippen LogP contribution in [-0.4, -0.2) is 47.9 Å². The molecule has 1 heterocycles. The van der Waals surface area contributed by atoms with Crippen LogP contribution in [0.4, 0.5) is 0 Å². The largest absolute Gasteiger partial charge is 0.464 e. The molecule has 0 aromatic rings. The van der Waals surface area contributed by atoms with Crippen LogP contribution in [0.5, 0.6) is 0 Å². The Morgan fingerprint density at radius 1 is 1.37 bits per heavy atom. The Kier molecular flexibility index (Phi) is 5.79. The third kappa shape index (κ3) is 4.22. The molecule has 1 aliphatic rings. The van der Waals surface area contributed by atoms with Gasteiger partial charge in [-0.3, -0.25) is 9.59 Å². The number of hydrogen-bond acceptors (Lipinski definition) is 4. The van der Waals surface area contributed by atoms with Crippen molar-refractivity contribution in [1.82, 2.24) is 10.2 Å². The quantitative estimate of drug-likeness (QED) is 0.753. The number of nitrogens with one attached hydrogen (secondary N) is 1. The summed E-state index contributed by atoms with van der Waals surface area (Å²) < 4.78 is 5.00. The van der Waals surface area contributed by atoms with Gasteiger partial charge in [-0.1, -0.05) is 0 Å². The molecule has 1 rings (SSSR count). The Labute approximate surface area is 113 Å². The summed E-state index contributed by atoms with van der Waals surface area (Å²) in [6.45, 7) is 5.57. The first-order valence-corrected chi connectivity index (χ1v) is 6.71. The summed E-state index contributed by atoms with van der Waals surface area (Å²) in [5, 5.41) is 2.55. The van der Waals surface area contributed by atoms with E-state index in [-0.39, 0.29) is 17.8 Å². The molecule has 6 heteroatoms. The molecule has 19 heavy (non-hydrogen) atoms. The minimum Gasteiger partial charge on any atom is -0.464 e. The molecule has 0 radical (unpaired) electrons. The molecule has 2 amide bonds. The zero-order valence-electron chi connectivity index (χ0n) is 11.8. The molecule has 108 valence electrons. The molecule has 2 unspecified atom stereocenters. The normalized spacial score (nSPS) is 20.6. The summed E-state index contributed by atoms with van der Waals surface area (Å²) >= 11 is 0. The molecule has 1 saturated heterocycles. The number of hydrogen-bond donors (Lipinski definition) is 1. The summed E-state index contributed by atoms with van der Waals surface area (Å²) in [5.41, 5.74) is 0. The average molecular weight is 270 g/mol. The third-order valence-corrected chi connectivity index (χ3v) is 3.13. The summed E-state index contributed by atoms with van der Waals surface area (Å²) in [7, 11) is 0. The Bertz CT molecular complexity index is 357. The van der Waals surface area contributed by atoms with Crippen LogP contribution in [0.3, 0.4) is 0 Å². The lowest BCUT2D eigenvalue weighted by Gasteiger charge is -2.35. The molecule has 0 spiro atoms. The number of likely N-dealkylation sites (tertiary alicyclic amines) is 1. The Hall–Kier alpha value is -1.59. The van der Waals surface area contributed by atoms with Gasteiger partial charge in [0.2, 0.25) is 11.8 Å². The maximum absolute atomic E-state index is 12.3. The second kappa shape index (κ2) is 7.11. The van der Waals surface area contributed by atoms with Crippen LogP contribution in [0.1, 0.15) is 40.0 Å². The van der Waals surface area contributed by atoms with Gasteiger partial charge in [-0.15, -0.1) is 0 Å².